The zero-order valence-electron chi connectivity index (χ0n) is 29.5. The van der Waals surface area contributed by atoms with E-state index < -0.39 is 65.5 Å². The van der Waals surface area contributed by atoms with Crippen LogP contribution in [0.1, 0.15) is 74.1 Å². The van der Waals surface area contributed by atoms with Gasteiger partial charge in [-0.3, -0.25) is 14.6 Å². The topological polar surface area (TPSA) is 146 Å². The Morgan fingerprint density at radius 2 is 1.80 bits per heavy atom. The molecule has 0 unspecified atom stereocenters. The van der Waals surface area contributed by atoms with E-state index in [9.17, 15) is 19.8 Å². The number of aliphatic hydroxyl groups excluding tert-OH is 1. The molecule has 0 aromatic rings. The third kappa shape index (κ3) is 8.82. The van der Waals surface area contributed by atoms with E-state index in [1.165, 1.54) is 6.92 Å². The van der Waals surface area contributed by atoms with Crippen LogP contribution < -0.4 is 0 Å². The van der Waals surface area contributed by atoms with Gasteiger partial charge in [-0.05, 0) is 72.5 Å². The molecule has 0 radical (unpaired) electrons. The van der Waals surface area contributed by atoms with Crippen molar-refractivity contribution >= 4 is 17.5 Å². The van der Waals surface area contributed by atoms with Crippen molar-refractivity contribution in [3.05, 3.63) is 12.2 Å². The SMILES string of the molecule is C=C1CO[C@H]2CC(=NCOC)[C@H](C)C[C@@](C)(OC1)[C@H](O[C@@H]1O[C@H](C)C[C@H](N(C)C)[C@H]1O)[C@@H](C)C(=O)[C@@H](C)C(=O)O[C@@H](CC)[C@@]2(C)O. The number of ether oxygens (including phenoxy) is 6. The van der Waals surface area contributed by atoms with Crippen LogP contribution in [0.25, 0.3) is 0 Å². The highest BCUT2D eigenvalue weighted by Crippen LogP contribution is 2.39. The van der Waals surface area contributed by atoms with Crippen LogP contribution in [-0.4, -0.2) is 128 Å². The first-order valence-electron chi connectivity index (χ1n) is 16.5. The second-order valence-electron chi connectivity index (χ2n) is 14.1. The number of hydrogen-bond donors (Lipinski definition) is 2. The minimum atomic E-state index is -1.63. The molecule has 12 nitrogen and oxygen atoms in total. The number of ketones is 1. The van der Waals surface area contributed by atoms with E-state index in [4.69, 9.17) is 33.4 Å². The van der Waals surface area contributed by atoms with Crippen LogP contribution in [0.3, 0.4) is 0 Å². The van der Waals surface area contributed by atoms with Crippen molar-refractivity contribution in [1.82, 2.24) is 4.90 Å². The van der Waals surface area contributed by atoms with Crippen LogP contribution >= 0.6 is 0 Å². The van der Waals surface area contributed by atoms with Gasteiger partial charge in [0, 0.05) is 31.2 Å². The molecule has 2 bridgehead atoms. The van der Waals surface area contributed by atoms with Crippen molar-refractivity contribution < 1.29 is 48.2 Å². The number of aliphatic imine (C=N–C) groups is 1. The Hall–Kier alpha value is -1.77. The molecule has 12 heteroatoms. The summed E-state index contributed by atoms with van der Waals surface area (Å²) in [7, 11) is 5.34. The van der Waals surface area contributed by atoms with Crippen LogP contribution in [0.4, 0.5) is 0 Å². The smallest absolute Gasteiger partial charge is 0.316 e. The molecule has 0 amide bonds. The van der Waals surface area contributed by atoms with E-state index in [1.807, 2.05) is 39.8 Å². The molecule has 2 N–H and O–H groups in total. The number of carbonyl (C=O) groups is 2. The second-order valence-corrected chi connectivity index (χ2v) is 14.1. The zero-order valence-corrected chi connectivity index (χ0v) is 29.5. The van der Waals surface area contributed by atoms with E-state index >= 15 is 0 Å². The summed E-state index contributed by atoms with van der Waals surface area (Å²) in [6.07, 6.45) is -3.63. The average molecular weight is 655 g/mol. The number of esters is 1. The third-order valence-corrected chi connectivity index (χ3v) is 9.94. The zero-order chi connectivity index (χ0) is 34.6. The Balaban J connectivity index is 2.22. The van der Waals surface area contributed by atoms with Gasteiger partial charge in [-0.25, -0.2) is 0 Å². The first-order valence-corrected chi connectivity index (χ1v) is 16.5. The summed E-state index contributed by atoms with van der Waals surface area (Å²) in [4.78, 5) is 34.4. The predicted octanol–water partition coefficient (Wildman–Crippen LogP) is 2.92. The molecule has 3 heterocycles. The molecule has 264 valence electrons. The predicted molar refractivity (Wildman–Crippen MR) is 172 cm³/mol. The number of carbonyl (C=O) groups excluding carboxylic acids is 2. The van der Waals surface area contributed by atoms with Crippen molar-refractivity contribution in [3.8, 4) is 0 Å². The first kappa shape index (κ1) is 38.7. The number of hydrogen-bond acceptors (Lipinski definition) is 12. The number of methoxy groups -OCH3 is 1. The van der Waals surface area contributed by atoms with Gasteiger partial charge < -0.3 is 43.5 Å². The molecule has 0 spiro atoms. The Kier molecular flexibility index (Phi) is 13.5. The minimum Gasteiger partial charge on any atom is -0.459 e. The number of aliphatic hydroxyl groups is 2. The van der Waals surface area contributed by atoms with E-state index in [-0.39, 0.29) is 50.8 Å². The lowest BCUT2D eigenvalue weighted by molar-refractivity contribution is -0.296. The Labute approximate surface area is 274 Å². The maximum atomic E-state index is 14.1. The fraction of sp³-hybridized carbons (Fsp3) is 0.853. The molecule has 3 saturated heterocycles. The van der Waals surface area contributed by atoms with E-state index in [2.05, 4.69) is 6.58 Å². The Morgan fingerprint density at radius 3 is 2.41 bits per heavy atom. The van der Waals surface area contributed by atoms with Gasteiger partial charge in [0.2, 0.25) is 0 Å². The monoisotopic (exact) mass is 654 g/mol. The number of cyclic esters (lactones) is 1. The molecular formula is C34H58N2O10. The van der Waals surface area contributed by atoms with Crippen molar-refractivity contribution in [2.45, 2.75) is 128 Å². The lowest BCUT2D eigenvalue weighted by Crippen LogP contribution is -2.59. The molecule has 0 aromatic carbocycles. The number of Topliss-reactive ketones (excluding diaryl/α,β-unsaturated/α-hetero) is 1. The fourth-order valence-electron chi connectivity index (χ4n) is 7.02. The standard InChI is InChI=1S/C34H58N2O10/c1-12-26-34(8,40)27-14-24(35-18-41-11)20(3)15-33(7,43-17-19(2)16-42-27)30(22(5)28(37)23(6)31(39)45-26)46-32-29(38)25(36(9)10)13-21(4)44-32/h20-23,25-27,29-30,32,38,40H,2,12-18H2,1,3-11H3/t20-,21-,22+,23-,25+,26+,27+,29-,30-,32+,33-,34-/m1/s1. The Morgan fingerprint density at radius 1 is 1.13 bits per heavy atom. The molecule has 3 aliphatic heterocycles. The van der Waals surface area contributed by atoms with Gasteiger partial charge in [0.1, 0.15) is 30.5 Å². The largest absolute Gasteiger partial charge is 0.459 e. The summed E-state index contributed by atoms with van der Waals surface area (Å²) < 4.78 is 37.0. The minimum absolute atomic E-state index is 0.0656. The van der Waals surface area contributed by atoms with Crippen LogP contribution in [0, 0.1) is 17.8 Å². The lowest BCUT2D eigenvalue weighted by Gasteiger charge is -2.47. The summed E-state index contributed by atoms with van der Waals surface area (Å²) in [5, 5.41) is 23.4. The summed E-state index contributed by atoms with van der Waals surface area (Å²) in [5.41, 5.74) is -1.48. The summed E-state index contributed by atoms with van der Waals surface area (Å²) in [6, 6.07) is -0.243. The van der Waals surface area contributed by atoms with Crippen molar-refractivity contribution in [2.75, 3.05) is 41.1 Å². The van der Waals surface area contributed by atoms with Crippen LogP contribution in [0.5, 0.6) is 0 Å². The highest BCUT2D eigenvalue weighted by molar-refractivity contribution is 6.00. The number of nitrogens with zero attached hydrogens (tertiary/aromatic N) is 2. The highest BCUT2D eigenvalue weighted by Gasteiger charge is 2.51. The number of rotatable bonds is 6. The molecule has 3 fully saturated rings. The van der Waals surface area contributed by atoms with Crippen LogP contribution in [0.2, 0.25) is 0 Å². The van der Waals surface area contributed by atoms with Gasteiger partial charge in [-0.15, -0.1) is 0 Å². The van der Waals surface area contributed by atoms with Gasteiger partial charge in [0.15, 0.2) is 12.1 Å². The quantitative estimate of drug-likeness (QED) is 0.248. The normalized spacial score (nSPS) is 43.2. The third-order valence-electron chi connectivity index (χ3n) is 9.94. The van der Waals surface area contributed by atoms with Gasteiger partial charge in [-0.2, -0.15) is 0 Å². The maximum absolute atomic E-state index is 14.1. The summed E-state index contributed by atoms with van der Waals surface area (Å²) in [6.45, 7) is 16.8. The molecule has 0 saturated carbocycles. The average Bonchev–Trinajstić information content (AvgIpc) is 3.01. The van der Waals surface area contributed by atoms with Crippen molar-refractivity contribution in [2.24, 2.45) is 22.7 Å². The first-order chi connectivity index (χ1) is 21.5. The molecule has 12 atom stereocenters. The molecule has 46 heavy (non-hydrogen) atoms. The van der Waals surface area contributed by atoms with Gasteiger partial charge in [0.05, 0.1) is 37.1 Å². The van der Waals surface area contributed by atoms with E-state index in [0.29, 0.717) is 24.1 Å². The lowest BCUT2D eigenvalue weighted by atomic mass is 9.76. The maximum Gasteiger partial charge on any atom is 0.316 e. The summed E-state index contributed by atoms with van der Waals surface area (Å²) >= 11 is 0. The molecule has 3 aliphatic rings. The molecule has 3 rings (SSSR count). The van der Waals surface area contributed by atoms with Crippen LogP contribution in [-0.2, 0) is 38.0 Å². The number of fused-ring (bicyclic) bond motifs is 5. The summed E-state index contributed by atoms with van der Waals surface area (Å²) in [5.74, 6) is -3.48. The van der Waals surface area contributed by atoms with Gasteiger partial charge >= 0.3 is 5.97 Å². The number of likely N-dealkylation sites (N-methyl/N-ethyl adjacent to an activating group) is 1. The molecule has 0 aliphatic carbocycles. The highest BCUT2D eigenvalue weighted by atomic mass is 16.7. The van der Waals surface area contributed by atoms with Crippen LogP contribution in [0.15, 0.2) is 17.1 Å². The van der Waals surface area contributed by atoms with E-state index in [0.717, 1.165) is 0 Å². The van der Waals surface area contributed by atoms with E-state index in [1.54, 1.807) is 27.9 Å². The van der Waals surface area contributed by atoms with Crippen molar-refractivity contribution in [3.63, 3.8) is 0 Å². The second kappa shape index (κ2) is 16.1. The van der Waals surface area contributed by atoms with Crippen molar-refractivity contribution in [1.29, 1.82) is 0 Å². The fourth-order valence-corrected chi connectivity index (χ4v) is 7.02. The van der Waals surface area contributed by atoms with Gasteiger partial charge in [0.25, 0.3) is 0 Å². The van der Waals surface area contributed by atoms with Gasteiger partial charge in [-0.1, -0.05) is 27.4 Å². The Bertz CT molecular complexity index is 1100. The molecular weight excluding hydrogens is 596 g/mol. The molecule has 0 aromatic heterocycles.